The number of aromatic nitrogens is 3. The zero-order valence-corrected chi connectivity index (χ0v) is 22.4. The Morgan fingerprint density at radius 2 is 1.77 bits per heavy atom. The second kappa shape index (κ2) is 10.1. The van der Waals surface area contributed by atoms with Gasteiger partial charge in [-0.1, -0.05) is 17.3 Å². The first-order valence-corrected chi connectivity index (χ1v) is 14.0. The van der Waals surface area contributed by atoms with E-state index in [0.29, 0.717) is 25.8 Å². The highest BCUT2D eigenvalue weighted by molar-refractivity contribution is 6.10. The van der Waals surface area contributed by atoms with Gasteiger partial charge in [-0.2, -0.15) is 5.10 Å². The van der Waals surface area contributed by atoms with E-state index < -0.39 is 5.79 Å². The van der Waals surface area contributed by atoms with Crippen molar-refractivity contribution in [1.29, 1.82) is 0 Å². The van der Waals surface area contributed by atoms with Crippen LogP contribution in [0.3, 0.4) is 0 Å². The van der Waals surface area contributed by atoms with Crippen LogP contribution in [0.1, 0.15) is 56.1 Å². The molecule has 0 bridgehead atoms. The van der Waals surface area contributed by atoms with Gasteiger partial charge in [0.2, 0.25) is 0 Å². The largest absolute Gasteiger partial charge is 0.497 e. The van der Waals surface area contributed by atoms with E-state index in [2.05, 4.69) is 22.6 Å². The molecule has 0 unspecified atom stereocenters. The highest BCUT2D eigenvalue weighted by Gasteiger charge is 2.50. The normalized spacial score (nSPS) is 22.3. The molecule has 5 heterocycles. The lowest BCUT2D eigenvalue weighted by Gasteiger charge is -2.39. The number of pyridine rings is 1. The first-order valence-electron chi connectivity index (χ1n) is 14.0. The molecule has 2 saturated heterocycles. The molecule has 4 aliphatic rings. The van der Waals surface area contributed by atoms with Gasteiger partial charge < -0.3 is 29.1 Å². The number of oxime groups is 1. The van der Waals surface area contributed by atoms with E-state index in [9.17, 15) is 0 Å². The Kier molecular flexibility index (Phi) is 6.41. The minimum absolute atomic E-state index is 0.306. The van der Waals surface area contributed by atoms with Crippen molar-refractivity contribution in [3.05, 3.63) is 47.8 Å². The van der Waals surface area contributed by atoms with Crippen molar-refractivity contribution in [2.45, 2.75) is 68.9 Å². The minimum Gasteiger partial charge on any atom is -0.497 e. The smallest absolute Gasteiger partial charge is 0.168 e. The lowest BCUT2D eigenvalue weighted by atomic mass is 9.78. The number of nitrogens with one attached hydrogen (secondary N) is 1. The third kappa shape index (κ3) is 4.74. The van der Waals surface area contributed by atoms with E-state index in [1.807, 2.05) is 29.2 Å². The number of ether oxygens (including phenoxy) is 4. The summed E-state index contributed by atoms with van der Waals surface area (Å²) in [5.41, 5.74) is 4.62. The van der Waals surface area contributed by atoms with Gasteiger partial charge in [-0.3, -0.25) is 0 Å². The fraction of sp³-hybridized carbons (Fsp3) is 0.552. The fourth-order valence-electron chi connectivity index (χ4n) is 6.27. The molecule has 39 heavy (non-hydrogen) atoms. The maximum atomic E-state index is 6.18. The summed E-state index contributed by atoms with van der Waals surface area (Å²) in [6, 6.07) is 8.37. The predicted octanol–water partition coefficient (Wildman–Crippen LogP) is 4.26. The Morgan fingerprint density at radius 3 is 2.51 bits per heavy atom. The number of nitrogens with zero attached hydrogens (tertiary/aromatic N) is 4. The highest BCUT2D eigenvalue weighted by Crippen LogP contribution is 2.46. The van der Waals surface area contributed by atoms with Crippen molar-refractivity contribution < 1.29 is 23.8 Å². The summed E-state index contributed by atoms with van der Waals surface area (Å²) in [7, 11) is 1.68. The lowest BCUT2D eigenvalue weighted by Crippen LogP contribution is -2.43. The van der Waals surface area contributed by atoms with Gasteiger partial charge in [0.1, 0.15) is 11.4 Å². The summed E-state index contributed by atoms with van der Waals surface area (Å²) < 4.78 is 24.8. The van der Waals surface area contributed by atoms with Gasteiger partial charge in [-0.05, 0) is 43.4 Å². The number of benzene rings is 1. The van der Waals surface area contributed by atoms with Crippen LogP contribution in [0, 0.1) is 0 Å². The number of fused-ring (bicyclic) bond motifs is 1. The van der Waals surface area contributed by atoms with Crippen LogP contribution < -0.4 is 10.1 Å². The van der Waals surface area contributed by atoms with Gasteiger partial charge in [-0.25, -0.2) is 9.67 Å². The van der Waals surface area contributed by atoms with Crippen molar-refractivity contribution in [3.8, 4) is 5.75 Å². The molecule has 2 spiro atoms. The molecule has 0 atom stereocenters. The molecule has 3 fully saturated rings. The molecule has 1 saturated carbocycles. The van der Waals surface area contributed by atoms with Crippen molar-refractivity contribution in [3.63, 3.8) is 0 Å². The van der Waals surface area contributed by atoms with E-state index in [-0.39, 0.29) is 5.60 Å². The zero-order valence-electron chi connectivity index (χ0n) is 22.4. The van der Waals surface area contributed by atoms with Crippen molar-refractivity contribution in [1.82, 2.24) is 14.8 Å². The number of rotatable bonds is 6. The molecule has 3 aromatic rings. The Morgan fingerprint density at radius 1 is 1.00 bits per heavy atom. The van der Waals surface area contributed by atoms with E-state index in [0.717, 1.165) is 97.5 Å². The summed E-state index contributed by atoms with van der Waals surface area (Å²) in [5.74, 6) is 0.412. The third-order valence-electron chi connectivity index (χ3n) is 8.61. The van der Waals surface area contributed by atoms with Crippen molar-refractivity contribution in [2.75, 3.05) is 38.9 Å². The Bertz CT molecular complexity index is 1350. The standard InChI is InChI=1S/C29H35N5O5/c1-35-22-4-2-20(3-5-22)19-34-27-24(18-31-34)26(32-21-6-12-36-13-7-21)23(17-30-27)25-16-28(39-33-25)8-10-29(11-9-28)37-14-15-38-29/h2-5,17-18,21H,6-16,19H2,1H3,(H,30,32). The maximum absolute atomic E-state index is 6.18. The average molecular weight is 534 g/mol. The lowest BCUT2D eigenvalue weighted by molar-refractivity contribution is -0.206. The molecule has 206 valence electrons. The van der Waals surface area contributed by atoms with Crippen LogP contribution in [0.25, 0.3) is 11.0 Å². The van der Waals surface area contributed by atoms with Crippen LogP contribution >= 0.6 is 0 Å². The van der Waals surface area contributed by atoms with Gasteiger partial charge in [0.05, 0.1) is 49.9 Å². The van der Waals surface area contributed by atoms with Crippen LogP contribution in [0.2, 0.25) is 0 Å². The summed E-state index contributed by atoms with van der Waals surface area (Å²) in [4.78, 5) is 11.1. The molecule has 0 radical (unpaired) electrons. The Balaban J connectivity index is 1.17. The molecule has 0 amide bonds. The summed E-state index contributed by atoms with van der Waals surface area (Å²) in [6.07, 6.45) is 9.90. The SMILES string of the molecule is COc1ccc(Cn2ncc3c(NC4CCOCC4)c(C4=NOC5(CCC6(CC5)OCCO6)C4)cnc32)cc1. The van der Waals surface area contributed by atoms with Crippen LogP contribution in [0.5, 0.6) is 5.75 Å². The summed E-state index contributed by atoms with van der Waals surface area (Å²) in [5, 5.41) is 14.2. The molecule has 1 aromatic carbocycles. The highest BCUT2D eigenvalue weighted by atomic mass is 16.7. The molecule has 7 rings (SSSR count). The molecule has 1 N–H and O–H groups in total. The average Bonchev–Trinajstić information content (AvgIpc) is 3.72. The second-order valence-electron chi connectivity index (χ2n) is 11.1. The van der Waals surface area contributed by atoms with Crippen molar-refractivity contribution >= 4 is 22.4 Å². The van der Waals surface area contributed by atoms with Gasteiger partial charge in [0.15, 0.2) is 11.4 Å². The third-order valence-corrected chi connectivity index (χ3v) is 8.61. The molecular weight excluding hydrogens is 498 g/mol. The number of hydrogen-bond donors (Lipinski definition) is 1. The van der Waals surface area contributed by atoms with Gasteiger partial charge >= 0.3 is 0 Å². The number of hydrogen-bond acceptors (Lipinski definition) is 9. The molecule has 2 aromatic heterocycles. The Labute approximate surface area is 227 Å². The maximum Gasteiger partial charge on any atom is 0.168 e. The second-order valence-corrected chi connectivity index (χ2v) is 11.1. The van der Waals surface area contributed by atoms with Crippen LogP contribution in [-0.2, 0) is 25.6 Å². The van der Waals surface area contributed by atoms with E-state index >= 15 is 0 Å². The Hall–Kier alpha value is -3.21. The van der Waals surface area contributed by atoms with Crippen LogP contribution in [0.4, 0.5) is 5.69 Å². The quantitative estimate of drug-likeness (QED) is 0.502. The molecule has 10 nitrogen and oxygen atoms in total. The number of anilines is 1. The van der Waals surface area contributed by atoms with Gasteiger partial charge in [0, 0.05) is 50.3 Å². The summed E-state index contributed by atoms with van der Waals surface area (Å²) in [6.45, 7) is 3.49. The molecule has 3 aliphatic heterocycles. The monoisotopic (exact) mass is 533 g/mol. The van der Waals surface area contributed by atoms with Gasteiger partial charge in [0.25, 0.3) is 0 Å². The summed E-state index contributed by atoms with van der Waals surface area (Å²) >= 11 is 0. The fourth-order valence-corrected chi connectivity index (χ4v) is 6.27. The van der Waals surface area contributed by atoms with E-state index in [1.54, 1.807) is 7.11 Å². The minimum atomic E-state index is -0.425. The zero-order chi connectivity index (χ0) is 26.3. The van der Waals surface area contributed by atoms with E-state index in [4.69, 9.17) is 33.9 Å². The molecule has 10 heteroatoms. The van der Waals surface area contributed by atoms with Crippen LogP contribution in [-0.4, -0.2) is 71.4 Å². The van der Waals surface area contributed by atoms with Crippen molar-refractivity contribution in [2.24, 2.45) is 5.16 Å². The predicted molar refractivity (Wildman–Crippen MR) is 145 cm³/mol. The van der Waals surface area contributed by atoms with Crippen LogP contribution in [0.15, 0.2) is 41.8 Å². The number of methoxy groups -OCH3 is 1. The molecular formula is C29H35N5O5. The molecule has 1 aliphatic carbocycles. The van der Waals surface area contributed by atoms with Gasteiger partial charge in [-0.15, -0.1) is 0 Å². The topological polar surface area (TPSA) is 101 Å². The first kappa shape index (κ1) is 24.8. The first-order chi connectivity index (χ1) is 19.1. The van der Waals surface area contributed by atoms with E-state index in [1.165, 1.54) is 0 Å².